The summed E-state index contributed by atoms with van der Waals surface area (Å²) in [6, 6.07) is 0. The number of carbonyl (C=O) groups excluding carboxylic acids is 1. The van der Waals surface area contributed by atoms with Gasteiger partial charge in [0, 0.05) is 18.4 Å². The predicted octanol–water partition coefficient (Wildman–Crippen LogP) is 4.26. The number of nitrogens with zero attached hydrogens (tertiary/aromatic N) is 1. The van der Waals surface area contributed by atoms with Gasteiger partial charge in [-0.15, -0.1) is 0 Å². The highest BCUT2D eigenvalue weighted by Gasteiger charge is 2.78. The van der Waals surface area contributed by atoms with E-state index in [2.05, 4.69) is 27.7 Å². The van der Waals surface area contributed by atoms with Gasteiger partial charge in [-0.1, -0.05) is 0 Å². The van der Waals surface area contributed by atoms with Crippen LogP contribution >= 0.6 is 0 Å². The molecule has 5 rings (SSSR count). The molecule has 0 radical (unpaired) electrons. The zero-order valence-corrected chi connectivity index (χ0v) is 17.5. The maximum atomic E-state index is 12.3. The minimum absolute atomic E-state index is 0.0715. The van der Waals surface area contributed by atoms with E-state index < -0.39 is 5.60 Å². The highest BCUT2D eigenvalue weighted by molar-refractivity contribution is 6.51. The summed E-state index contributed by atoms with van der Waals surface area (Å²) in [5, 5.41) is 0.213. The summed E-state index contributed by atoms with van der Waals surface area (Å²) in [4.78, 5) is 14.2. The molecule has 0 aromatic rings. The van der Waals surface area contributed by atoms with Gasteiger partial charge in [-0.25, -0.2) is 4.79 Å². The molecule has 1 atom stereocenters. The van der Waals surface area contributed by atoms with Gasteiger partial charge in [0.15, 0.2) is 0 Å². The number of carbonyl (C=O) groups is 1. The molecule has 3 saturated carbocycles. The zero-order valence-electron chi connectivity index (χ0n) is 17.5. The van der Waals surface area contributed by atoms with E-state index in [1.165, 1.54) is 19.3 Å². The first kappa shape index (κ1) is 18.6. The van der Waals surface area contributed by atoms with E-state index in [0.29, 0.717) is 11.3 Å². The molecule has 26 heavy (non-hydrogen) atoms. The van der Waals surface area contributed by atoms with E-state index in [0.717, 1.165) is 19.5 Å². The fraction of sp³-hybridized carbons (Fsp3) is 0.950. The summed E-state index contributed by atoms with van der Waals surface area (Å²) in [7, 11) is -0.0715. The second kappa shape index (κ2) is 5.19. The number of hydrogen-bond donors (Lipinski definition) is 0. The molecular weight excluding hydrogens is 329 g/mol. The average molecular weight is 363 g/mol. The van der Waals surface area contributed by atoms with Gasteiger partial charge >= 0.3 is 13.2 Å². The first-order valence-corrected chi connectivity index (χ1v) is 10.1. The number of rotatable bonds is 2. The largest absolute Gasteiger partial charge is 0.464 e. The van der Waals surface area contributed by atoms with Crippen LogP contribution in [-0.2, 0) is 14.0 Å². The molecule has 146 valence electrons. The van der Waals surface area contributed by atoms with Crippen molar-refractivity contribution in [3.05, 3.63) is 0 Å². The summed E-state index contributed by atoms with van der Waals surface area (Å²) in [5.74, 6) is 0.597. The van der Waals surface area contributed by atoms with Crippen molar-refractivity contribution in [1.82, 2.24) is 4.90 Å². The molecule has 5 fully saturated rings. The third-order valence-electron chi connectivity index (χ3n) is 7.57. The summed E-state index contributed by atoms with van der Waals surface area (Å²) >= 11 is 0. The van der Waals surface area contributed by atoms with E-state index in [1.807, 2.05) is 25.7 Å². The number of amides is 1. The lowest BCUT2D eigenvalue weighted by atomic mass is 9.22. The standard InChI is InChI=1S/C20H34BNO4/c1-16(2,3)24-15(23)22-9-8-14(10-22)19-11-20(12-19,13-19)21-25-17(4,5)18(6,7)26-21/h14H,8-13H2,1-7H3. The van der Waals surface area contributed by atoms with Crippen molar-refractivity contribution in [1.29, 1.82) is 0 Å². The fourth-order valence-electron chi connectivity index (χ4n) is 5.48. The second-order valence-corrected chi connectivity index (χ2v) is 11.3. The van der Waals surface area contributed by atoms with Crippen LogP contribution in [0.4, 0.5) is 4.79 Å². The molecule has 2 aliphatic heterocycles. The Morgan fingerprint density at radius 3 is 2.12 bits per heavy atom. The van der Waals surface area contributed by atoms with Crippen LogP contribution in [0.2, 0.25) is 5.31 Å². The Hall–Kier alpha value is -0.745. The topological polar surface area (TPSA) is 48.0 Å². The van der Waals surface area contributed by atoms with Crippen LogP contribution in [0.1, 0.15) is 74.1 Å². The van der Waals surface area contributed by atoms with Gasteiger partial charge in [-0.3, -0.25) is 0 Å². The van der Waals surface area contributed by atoms with Gasteiger partial charge < -0.3 is 18.9 Å². The predicted molar refractivity (Wildman–Crippen MR) is 101 cm³/mol. The van der Waals surface area contributed by atoms with Crippen LogP contribution in [-0.4, -0.2) is 48.0 Å². The summed E-state index contributed by atoms with van der Waals surface area (Å²) in [6.45, 7) is 16.0. The first-order chi connectivity index (χ1) is 11.8. The summed E-state index contributed by atoms with van der Waals surface area (Å²) in [5.41, 5.74) is -0.519. The van der Waals surface area contributed by atoms with Crippen LogP contribution < -0.4 is 0 Å². The Labute approximate surface area is 158 Å². The average Bonchev–Trinajstić information content (AvgIpc) is 2.88. The van der Waals surface area contributed by atoms with Gasteiger partial charge in [0.1, 0.15) is 5.60 Å². The Morgan fingerprint density at radius 2 is 1.62 bits per heavy atom. The molecule has 2 bridgehead atoms. The highest BCUT2D eigenvalue weighted by Crippen LogP contribution is 2.83. The van der Waals surface area contributed by atoms with E-state index in [4.69, 9.17) is 14.0 Å². The molecule has 2 saturated heterocycles. The van der Waals surface area contributed by atoms with Crippen LogP contribution in [0.25, 0.3) is 0 Å². The van der Waals surface area contributed by atoms with Crippen LogP contribution in [0, 0.1) is 11.3 Å². The van der Waals surface area contributed by atoms with Crippen LogP contribution in [0.15, 0.2) is 0 Å². The van der Waals surface area contributed by atoms with E-state index in [1.54, 1.807) is 0 Å². The lowest BCUT2D eigenvalue weighted by Crippen LogP contribution is -2.67. The second-order valence-electron chi connectivity index (χ2n) is 11.3. The molecule has 0 aromatic heterocycles. The summed E-state index contributed by atoms with van der Waals surface area (Å²) in [6.07, 6.45) is 4.49. The van der Waals surface area contributed by atoms with Crippen molar-refractivity contribution >= 4 is 13.2 Å². The number of ether oxygens (including phenoxy) is 1. The van der Waals surface area contributed by atoms with E-state index in [-0.39, 0.29) is 29.7 Å². The summed E-state index contributed by atoms with van der Waals surface area (Å²) < 4.78 is 18.2. The molecule has 2 heterocycles. The Morgan fingerprint density at radius 1 is 1.08 bits per heavy atom. The minimum atomic E-state index is -0.424. The molecule has 3 aliphatic carbocycles. The Bertz CT molecular complexity index is 588. The molecule has 0 aromatic carbocycles. The lowest BCUT2D eigenvalue weighted by molar-refractivity contribution is -0.149. The van der Waals surface area contributed by atoms with Crippen LogP contribution in [0.3, 0.4) is 0 Å². The van der Waals surface area contributed by atoms with Crippen molar-refractivity contribution < 1.29 is 18.8 Å². The third kappa shape index (κ3) is 2.62. The van der Waals surface area contributed by atoms with Gasteiger partial charge in [-0.2, -0.15) is 0 Å². The molecule has 1 unspecified atom stereocenters. The number of likely N-dealkylation sites (tertiary alicyclic amines) is 1. The van der Waals surface area contributed by atoms with Crippen molar-refractivity contribution in [3.8, 4) is 0 Å². The van der Waals surface area contributed by atoms with Crippen molar-refractivity contribution in [2.24, 2.45) is 11.3 Å². The smallest absolute Gasteiger partial charge is 0.444 e. The fourth-order valence-corrected chi connectivity index (χ4v) is 5.48. The van der Waals surface area contributed by atoms with Gasteiger partial charge in [0.05, 0.1) is 11.2 Å². The van der Waals surface area contributed by atoms with Crippen molar-refractivity contribution in [2.45, 2.75) is 96.3 Å². The maximum Gasteiger partial charge on any atom is 0.464 e. The molecule has 0 N–H and O–H groups in total. The third-order valence-corrected chi connectivity index (χ3v) is 7.57. The van der Waals surface area contributed by atoms with E-state index in [9.17, 15) is 4.79 Å². The molecular formula is C20H34BNO4. The quantitative estimate of drug-likeness (QED) is 0.688. The molecule has 1 amide bonds. The maximum absolute atomic E-state index is 12.3. The SMILES string of the molecule is CC(C)(C)OC(=O)N1CCC(C23CC(B4OC(C)(C)C(C)(C)O4)(C2)C3)C1. The number of hydrogen-bond acceptors (Lipinski definition) is 4. The molecule has 5 aliphatic rings. The molecule has 5 nitrogen and oxygen atoms in total. The monoisotopic (exact) mass is 363 g/mol. The highest BCUT2D eigenvalue weighted by atomic mass is 16.7. The Balaban J connectivity index is 1.33. The minimum Gasteiger partial charge on any atom is -0.444 e. The molecule has 0 spiro atoms. The van der Waals surface area contributed by atoms with Crippen molar-refractivity contribution in [3.63, 3.8) is 0 Å². The first-order valence-electron chi connectivity index (χ1n) is 10.1. The normalized spacial score (nSPS) is 40.2. The van der Waals surface area contributed by atoms with E-state index >= 15 is 0 Å². The van der Waals surface area contributed by atoms with Gasteiger partial charge in [0.2, 0.25) is 0 Å². The van der Waals surface area contributed by atoms with Crippen molar-refractivity contribution in [2.75, 3.05) is 13.1 Å². The lowest BCUT2D eigenvalue weighted by Gasteiger charge is -2.73. The van der Waals surface area contributed by atoms with Gasteiger partial charge in [0.25, 0.3) is 0 Å². The van der Waals surface area contributed by atoms with Gasteiger partial charge in [-0.05, 0) is 85.5 Å². The zero-order chi connectivity index (χ0) is 19.2. The Kier molecular flexibility index (Phi) is 3.72. The van der Waals surface area contributed by atoms with Crippen LogP contribution in [0.5, 0.6) is 0 Å². The molecule has 6 heteroatoms.